The van der Waals surface area contributed by atoms with Gasteiger partial charge >= 0.3 is 6.18 Å². The van der Waals surface area contributed by atoms with Crippen LogP contribution in [0.15, 0.2) is 30.5 Å². The molecular weight excluding hydrogens is 377 g/mol. The summed E-state index contributed by atoms with van der Waals surface area (Å²) in [5, 5.41) is 7.66. The quantitative estimate of drug-likeness (QED) is 0.725. The Morgan fingerprint density at radius 2 is 2.04 bits per heavy atom. The minimum Gasteiger partial charge on any atom is -0.347 e. The first-order valence-corrected chi connectivity index (χ1v) is 8.89. The third-order valence-electron chi connectivity index (χ3n) is 4.16. The molecule has 0 atom stereocenters. The normalized spacial score (nSPS) is 11.6. The van der Waals surface area contributed by atoms with E-state index in [1.54, 1.807) is 4.68 Å². The molecule has 3 rings (SSSR count). The molecule has 27 heavy (non-hydrogen) atoms. The van der Waals surface area contributed by atoms with E-state index in [0.29, 0.717) is 15.4 Å². The van der Waals surface area contributed by atoms with Crippen LogP contribution in [0, 0.1) is 13.8 Å². The van der Waals surface area contributed by atoms with E-state index >= 15 is 0 Å². The van der Waals surface area contributed by atoms with Crippen LogP contribution in [-0.4, -0.2) is 20.7 Å². The molecule has 0 aliphatic carbocycles. The van der Waals surface area contributed by atoms with E-state index in [9.17, 15) is 18.0 Å². The summed E-state index contributed by atoms with van der Waals surface area (Å²) in [7, 11) is 1.84. The molecule has 0 aliphatic heterocycles. The first-order chi connectivity index (χ1) is 12.7. The van der Waals surface area contributed by atoms with E-state index in [-0.39, 0.29) is 12.5 Å². The standard InChI is InChI=1S/C18H17F3N4OS/c1-10-15(11(2)25(3)24-10)17-23-9-14(27-17)16(26)22-8-12-5-4-6-13(7-12)18(19,20)21/h4-7,9H,8H2,1-3H3,(H,22,26). The number of thiazole rings is 1. The monoisotopic (exact) mass is 394 g/mol. The topological polar surface area (TPSA) is 59.8 Å². The summed E-state index contributed by atoms with van der Waals surface area (Å²) in [6.45, 7) is 3.79. The Kier molecular flexibility index (Phi) is 5.05. The van der Waals surface area contributed by atoms with Crippen LogP contribution in [0.2, 0.25) is 0 Å². The second-order valence-electron chi connectivity index (χ2n) is 6.08. The van der Waals surface area contributed by atoms with Crippen LogP contribution < -0.4 is 5.32 Å². The number of aryl methyl sites for hydroxylation is 2. The van der Waals surface area contributed by atoms with Gasteiger partial charge in [0.2, 0.25) is 0 Å². The number of benzene rings is 1. The van der Waals surface area contributed by atoms with E-state index in [4.69, 9.17) is 0 Å². The zero-order chi connectivity index (χ0) is 19.8. The Labute approximate surface area is 157 Å². The van der Waals surface area contributed by atoms with Gasteiger partial charge in [-0.3, -0.25) is 9.48 Å². The van der Waals surface area contributed by atoms with Crippen LogP contribution in [0.3, 0.4) is 0 Å². The molecule has 9 heteroatoms. The number of halogens is 3. The van der Waals surface area contributed by atoms with E-state index in [1.807, 2.05) is 20.9 Å². The maximum atomic E-state index is 12.8. The van der Waals surface area contributed by atoms with Gasteiger partial charge in [0.1, 0.15) is 9.88 Å². The number of carbonyl (C=O) groups excluding carboxylic acids is 1. The summed E-state index contributed by atoms with van der Waals surface area (Å²) in [4.78, 5) is 17.0. The van der Waals surface area contributed by atoms with Crippen molar-refractivity contribution in [2.24, 2.45) is 7.05 Å². The molecule has 3 aromatic rings. The Morgan fingerprint density at radius 1 is 1.30 bits per heavy atom. The summed E-state index contributed by atoms with van der Waals surface area (Å²) in [5.41, 5.74) is 2.29. The Bertz CT molecular complexity index is 991. The second-order valence-corrected chi connectivity index (χ2v) is 7.11. The van der Waals surface area contributed by atoms with Gasteiger partial charge in [-0.1, -0.05) is 12.1 Å². The predicted molar refractivity (Wildman–Crippen MR) is 96.4 cm³/mol. The Balaban J connectivity index is 1.72. The van der Waals surface area contributed by atoms with Crippen molar-refractivity contribution in [3.63, 3.8) is 0 Å². The highest BCUT2D eigenvalue weighted by Crippen LogP contribution is 2.31. The Morgan fingerprint density at radius 3 is 2.67 bits per heavy atom. The number of hydrogen-bond donors (Lipinski definition) is 1. The second kappa shape index (κ2) is 7.15. The predicted octanol–water partition coefficient (Wildman–Crippen LogP) is 4.11. The van der Waals surface area contributed by atoms with Crippen molar-refractivity contribution in [2.75, 3.05) is 0 Å². The van der Waals surface area contributed by atoms with Crippen molar-refractivity contribution in [3.05, 3.63) is 57.9 Å². The molecule has 5 nitrogen and oxygen atoms in total. The molecule has 0 radical (unpaired) electrons. The van der Waals surface area contributed by atoms with Gasteiger partial charge in [-0.25, -0.2) is 4.98 Å². The van der Waals surface area contributed by atoms with Crippen LogP contribution in [0.4, 0.5) is 13.2 Å². The number of amides is 1. The van der Waals surface area contributed by atoms with Crippen LogP contribution in [0.25, 0.3) is 10.6 Å². The fourth-order valence-corrected chi connectivity index (χ4v) is 3.69. The first-order valence-electron chi connectivity index (χ1n) is 8.07. The van der Waals surface area contributed by atoms with Gasteiger partial charge in [-0.05, 0) is 31.5 Å². The lowest BCUT2D eigenvalue weighted by atomic mass is 10.1. The number of hydrogen-bond acceptors (Lipinski definition) is 4. The number of nitrogens with zero attached hydrogens (tertiary/aromatic N) is 3. The lowest BCUT2D eigenvalue weighted by Gasteiger charge is -2.09. The van der Waals surface area contributed by atoms with Crippen LogP contribution in [0.1, 0.15) is 32.2 Å². The van der Waals surface area contributed by atoms with Crippen LogP contribution in [0.5, 0.6) is 0 Å². The lowest BCUT2D eigenvalue weighted by Crippen LogP contribution is -2.22. The van der Waals surface area contributed by atoms with Gasteiger partial charge in [-0.2, -0.15) is 18.3 Å². The molecule has 1 amide bonds. The molecule has 0 unspecified atom stereocenters. The van der Waals surface area contributed by atoms with E-state index < -0.39 is 11.7 Å². The number of alkyl halides is 3. The zero-order valence-corrected chi connectivity index (χ0v) is 15.7. The van der Waals surface area contributed by atoms with Crippen LogP contribution in [-0.2, 0) is 19.8 Å². The minimum atomic E-state index is -4.41. The highest BCUT2D eigenvalue weighted by Gasteiger charge is 2.30. The molecule has 1 aromatic carbocycles. The molecule has 0 aliphatic rings. The van der Waals surface area contributed by atoms with Crippen molar-refractivity contribution in [3.8, 4) is 10.6 Å². The molecule has 0 fully saturated rings. The number of aromatic nitrogens is 3. The first kappa shape index (κ1) is 19.1. The average molecular weight is 394 g/mol. The third kappa shape index (κ3) is 4.02. The zero-order valence-electron chi connectivity index (χ0n) is 14.9. The van der Waals surface area contributed by atoms with Crippen molar-refractivity contribution in [2.45, 2.75) is 26.6 Å². The largest absolute Gasteiger partial charge is 0.416 e. The lowest BCUT2D eigenvalue weighted by molar-refractivity contribution is -0.137. The van der Waals surface area contributed by atoms with Crippen molar-refractivity contribution < 1.29 is 18.0 Å². The van der Waals surface area contributed by atoms with E-state index in [0.717, 1.165) is 29.1 Å². The summed E-state index contributed by atoms with van der Waals surface area (Å²) in [6.07, 6.45) is -2.95. The van der Waals surface area contributed by atoms with Crippen LogP contribution >= 0.6 is 11.3 Å². The fourth-order valence-electron chi connectivity index (χ4n) is 2.70. The van der Waals surface area contributed by atoms with Gasteiger partial charge in [0.05, 0.1) is 23.0 Å². The summed E-state index contributed by atoms with van der Waals surface area (Å²) in [5.74, 6) is -0.379. The summed E-state index contributed by atoms with van der Waals surface area (Å²) < 4.78 is 40.0. The highest BCUT2D eigenvalue weighted by molar-refractivity contribution is 7.16. The summed E-state index contributed by atoms with van der Waals surface area (Å²) >= 11 is 1.22. The molecule has 2 heterocycles. The Hall–Kier alpha value is -2.68. The van der Waals surface area contributed by atoms with Crippen molar-refractivity contribution >= 4 is 17.2 Å². The molecule has 2 aromatic heterocycles. The third-order valence-corrected chi connectivity index (χ3v) is 5.17. The number of nitrogens with one attached hydrogen (secondary N) is 1. The molecule has 142 valence electrons. The van der Waals surface area contributed by atoms with Gasteiger partial charge in [0, 0.05) is 19.3 Å². The van der Waals surface area contributed by atoms with Crippen molar-refractivity contribution in [1.29, 1.82) is 0 Å². The molecule has 0 bridgehead atoms. The van der Waals surface area contributed by atoms with Crippen molar-refractivity contribution in [1.82, 2.24) is 20.1 Å². The smallest absolute Gasteiger partial charge is 0.347 e. The van der Waals surface area contributed by atoms with E-state index in [2.05, 4.69) is 15.4 Å². The van der Waals surface area contributed by atoms with Gasteiger partial charge in [0.15, 0.2) is 0 Å². The highest BCUT2D eigenvalue weighted by atomic mass is 32.1. The minimum absolute atomic E-state index is 0.000927. The average Bonchev–Trinajstić information content (AvgIpc) is 3.17. The maximum Gasteiger partial charge on any atom is 0.416 e. The fraction of sp³-hybridized carbons (Fsp3) is 0.278. The molecule has 0 saturated carbocycles. The SMILES string of the molecule is Cc1nn(C)c(C)c1-c1ncc(C(=O)NCc2cccc(C(F)(F)F)c2)s1. The van der Waals surface area contributed by atoms with Gasteiger partial charge < -0.3 is 5.32 Å². The van der Waals surface area contributed by atoms with Gasteiger partial charge in [-0.15, -0.1) is 11.3 Å². The van der Waals surface area contributed by atoms with Gasteiger partial charge in [0.25, 0.3) is 5.91 Å². The molecule has 1 N–H and O–H groups in total. The number of rotatable bonds is 4. The molecule has 0 spiro atoms. The summed E-state index contributed by atoms with van der Waals surface area (Å²) in [6, 6.07) is 4.89. The molecular formula is C18H17F3N4OS. The van der Waals surface area contributed by atoms with E-state index in [1.165, 1.54) is 29.7 Å². The maximum absolute atomic E-state index is 12.8. The molecule has 0 saturated heterocycles. The number of carbonyl (C=O) groups is 1.